The van der Waals surface area contributed by atoms with Crippen LogP contribution < -0.4 is 11.2 Å². The first-order valence-corrected chi connectivity index (χ1v) is 4.66. The summed E-state index contributed by atoms with van der Waals surface area (Å²) in [5, 5.41) is 3.76. The Kier molecular flexibility index (Phi) is 3.90. The maximum Gasteiger partial charge on any atom is 0.410 e. The van der Waals surface area contributed by atoms with Gasteiger partial charge in [0.2, 0.25) is 0 Å². The fraction of sp³-hybridized carbons (Fsp3) is 0.625. The first-order valence-electron chi connectivity index (χ1n) is 4.66. The molecular formula is C8H14N4O3. The molecule has 0 unspecified atom stereocenters. The molecule has 0 atom stereocenters. The predicted molar refractivity (Wildman–Crippen MR) is 53.4 cm³/mol. The predicted octanol–water partition coefficient (Wildman–Crippen LogP) is -0.127. The lowest BCUT2D eigenvalue weighted by Crippen LogP contribution is -2.30. The van der Waals surface area contributed by atoms with Crippen LogP contribution in [0.5, 0.6) is 0 Å². The number of hydrogen-bond donors (Lipinski definition) is 2. The van der Waals surface area contributed by atoms with E-state index in [0.29, 0.717) is 31.8 Å². The zero-order valence-corrected chi connectivity index (χ0v) is 8.52. The van der Waals surface area contributed by atoms with Crippen molar-refractivity contribution in [3.05, 3.63) is 0 Å². The van der Waals surface area contributed by atoms with E-state index in [2.05, 4.69) is 10.5 Å². The van der Waals surface area contributed by atoms with Crippen LogP contribution in [0, 0.1) is 0 Å². The summed E-state index contributed by atoms with van der Waals surface area (Å²) in [6.07, 6.45) is 0.265. The van der Waals surface area contributed by atoms with Crippen molar-refractivity contribution in [3.8, 4) is 0 Å². The molecule has 0 bridgehead atoms. The van der Waals surface area contributed by atoms with Crippen LogP contribution in [-0.2, 0) is 4.74 Å². The summed E-state index contributed by atoms with van der Waals surface area (Å²) in [4.78, 5) is 23.2. The highest BCUT2D eigenvalue weighted by Crippen LogP contribution is 2.07. The number of nitrogens with one attached hydrogen (secondary N) is 1. The number of hydrogen-bond acceptors (Lipinski definition) is 4. The average molecular weight is 214 g/mol. The first-order chi connectivity index (χ1) is 7.13. The molecule has 0 aromatic rings. The Morgan fingerprint density at radius 2 is 2.40 bits per heavy atom. The van der Waals surface area contributed by atoms with Crippen molar-refractivity contribution >= 4 is 17.8 Å². The number of primary amides is 1. The summed E-state index contributed by atoms with van der Waals surface area (Å²) in [6.45, 7) is 3.02. The lowest BCUT2D eigenvalue weighted by atomic mass is 10.3. The quantitative estimate of drug-likeness (QED) is 0.626. The maximum absolute atomic E-state index is 11.3. The minimum atomic E-state index is -0.711. The van der Waals surface area contributed by atoms with Gasteiger partial charge >= 0.3 is 12.1 Å². The summed E-state index contributed by atoms with van der Waals surface area (Å²) in [5.74, 6) is 0. The highest BCUT2D eigenvalue weighted by Gasteiger charge is 2.23. The number of ether oxygens (including phenoxy) is 1. The van der Waals surface area contributed by atoms with Crippen LogP contribution >= 0.6 is 0 Å². The molecule has 1 rings (SSSR count). The summed E-state index contributed by atoms with van der Waals surface area (Å²) >= 11 is 0. The van der Waals surface area contributed by atoms with E-state index in [1.165, 1.54) is 4.90 Å². The van der Waals surface area contributed by atoms with Gasteiger partial charge in [0.15, 0.2) is 0 Å². The smallest absolute Gasteiger partial charge is 0.410 e. The largest absolute Gasteiger partial charge is 0.450 e. The fourth-order valence-electron chi connectivity index (χ4n) is 1.24. The number of carbonyl (C=O) groups is 2. The molecule has 7 heteroatoms. The molecule has 1 fully saturated rings. The molecule has 84 valence electrons. The van der Waals surface area contributed by atoms with Crippen molar-refractivity contribution in [3.63, 3.8) is 0 Å². The monoisotopic (exact) mass is 214 g/mol. The summed E-state index contributed by atoms with van der Waals surface area (Å²) in [5.41, 5.74) is 7.69. The molecule has 3 amide bonds. The molecule has 1 heterocycles. The molecule has 1 aliphatic rings. The number of carbonyl (C=O) groups excluding carboxylic acids is 2. The van der Waals surface area contributed by atoms with Crippen LogP contribution in [0.3, 0.4) is 0 Å². The van der Waals surface area contributed by atoms with E-state index in [1.807, 2.05) is 0 Å². The lowest BCUT2D eigenvalue weighted by molar-refractivity contribution is 0.117. The summed E-state index contributed by atoms with van der Waals surface area (Å²) < 4.78 is 4.82. The van der Waals surface area contributed by atoms with Crippen LogP contribution in [-0.4, -0.2) is 42.4 Å². The van der Waals surface area contributed by atoms with Crippen LogP contribution in [0.2, 0.25) is 0 Å². The third-order valence-corrected chi connectivity index (χ3v) is 1.89. The van der Waals surface area contributed by atoms with Crippen molar-refractivity contribution in [2.45, 2.75) is 13.3 Å². The number of hydrazone groups is 1. The Hall–Kier alpha value is -1.79. The Balaban J connectivity index is 2.41. The SMILES string of the molecule is CCOC(=O)N1CC/C(=N\NC(N)=O)C1. The van der Waals surface area contributed by atoms with Gasteiger partial charge in [-0.2, -0.15) is 5.10 Å². The van der Waals surface area contributed by atoms with E-state index < -0.39 is 6.03 Å². The average Bonchev–Trinajstić information content (AvgIpc) is 2.63. The van der Waals surface area contributed by atoms with Crippen molar-refractivity contribution in [1.82, 2.24) is 10.3 Å². The molecule has 0 saturated carbocycles. The second-order valence-electron chi connectivity index (χ2n) is 3.02. The molecule has 0 radical (unpaired) electrons. The number of nitrogens with two attached hydrogens (primary N) is 1. The topological polar surface area (TPSA) is 97.0 Å². The summed E-state index contributed by atoms with van der Waals surface area (Å²) in [7, 11) is 0. The molecule has 1 aliphatic heterocycles. The van der Waals surface area contributed by atoms with Gasteiger partial charge in [-0.25, -0.2) is 15.0 Å². The molecule has 1 saturated heterocycles. The number of nitrogens with zero attached hydrogens (tertiary/aromatic N) is 2. The van der Waals surface area contributed by atoms with Crippen molar-refractivity contribution < 1.29 is 14.3 Å². The van der Waals surface area contributed by atoms with Gasteiger partial charge in [0.1, 0.15) is 0 Å². The second kappa shape index (κ2) is 5.18. The molecule has 0 aromatic carbocycles. The standard InChI is InChI=1S/C8H14N4O3/c1-2-15-8(14)12-4-3-6(5-12)10-11-7(9)13/h2-5H2,1H3,(H3,9,11,13)/b10-6+. The summed E-state index contributed by atoms with van der Waals surface area (Å²) in [6, 6.07) is -0.711. The highest BCUT2D eigenvalue weighted by molar-refractivity contribution is 5.92. The molecule has 3 N–H and O–H groups in total. The van der Waals surface area contributed by atoms with Crippen LogP contribution in [0.15, 0.2) is 5.10 Å². The van der Waals surface area contributed by atoms with E-state index >= 15 is 0 Å². The van der Waals surface area contributed by atoms with Crippen LogP contribution in [0.1, 0.15) is 13.3 Å². The normalized spacial score (nSPS) is 17.9. The molecule has 0 spiro atoms. The fourth-order valence-corrected chi connectivity index (χ4v) is 1.24. The highest BCUT2D eigenvalue weighted by atomic mass is 16.6. The van der Waals surface area contributed by atoms with E-state index in [4.69, 9.17) is 10.5 Å². The van der Waals surface area contributed by atoms with Crippen molar-refractivity contribution in [2.24, 2.45) is 10.8 Å². The maximum atomic E-state index is 11.3. The molecule has 0 aliphatic carbocycles. The van der Waals surface area contributed by atoms with Gasteiger partial charge in [-0.1, -0.05) is 0 Å². The van der Waals surface area contributed by atoms with Crippen LogP contribution in [0.25, 0.3) is 0 Å². The van der Waals surface area contributed by atoms with Gasteiger partial charge in [0.25, 0.3) is 0 Å². The third kappa shape index (κ3) is 3.45. The van der Waals surface area contributed by atoms with Crippen molar-refractivity contribution in [1.29, 1.82) is 0 Å². The second-order valence-corrected chi connectivity index (χ2v) is 3.02. The molecule has 15 heavy (non-hydrogen) atoms. The number of amides is 3. The number of likely N-dealkylation sites (tertiary alicyclic amines) is 1. The lowest BCUT2D eigenvalue weighted by Gasteiger charge is -2.13. The minimum absolute atomic E-state index is 0.349. The third-order valence-electron chi connectivity index (χ3n) is 1.89. The van der Waals surface area contributed by atoms with Gasteiger partial charge in [-0.15, -0.1) is 0 Å². The molecular weight excluding hydrogens is 200 g/mol. The van der Waals surface area contributed by atoms with E-state index in [-0.39, 0.29) is 6.09 Å². The van der Waals surface area contributed by atoms with Gasteiger partial charge in [0.05, 0.1) is 18.9 Å². The molecule has 0 aromatic heterocycles. The van der Waals surface area contributed by atoms with Gasteiger partial charge in [-0.3, -0.25) is 0 Å². The van der Waals surface area contributed by atoms with Gasteiger partial charge in [0, 0.05) is 13.0 Å². The van der Waals surface area contributed by atoms with E-state index in [9.17, 15) is 9.59 Å². The number of urea groups is 1. The van der Waals surface area contributed by atoms with Gasteiger partial charge < -0.3 is 15.4 Å². The Labute approximate surface area is 87.2 Å². The molecule has 7 nitrogen and oxygen atoms in total. The van der Waals surface area contributed by atoms with E-state index in [1.54, 1.807) is 6.92 Å². The Bertz CT molecular complexity index is 290. The zero-order valence-electron chi connectivity index (χ0n) is 8.52. The van der Waals surface area contributed by atoms with Gasteiger partial charge in [-0.05, 0) is 6.92 Å². The zero-order chi connectivity index (χ0) is 11.3. The minimum Gasteiger partial charge on any atom is -0.450 e. The Morgan fingerprint density at radius 3 is 3.00 bits per heavy atom. The van der Waals surface area contributed by atoms with E-state index in [0.717, 1.165) is 0 Å². The number of rotatable bonds is 2. The van der Waals surface area contributed by atoms with Crippen LogP contribution in [0.4, 0.5) is 9.59 Å². The van der Waals surface area contributed by atoms with Crippen molar-refractivity contribution in [2.75, 3.05) is 19.7 Å². The first kappa shape index (κ1) is 11.3. The Morgan fingerprint density at radius 1 is 1.67 bits per heavy atom.